The number of hydrogen-bond donors (Lipinski definition) is 0. The van der Waals surface area contributed by atoms with Crippen molar-refractivity contribution in [3.8, 4) is 0 Å². The zero-order valence-electron chi connectivity index (χ0n) is 14.5. The van der Waals surface area contributed by atoms with Gasteiger partial charge in [0.25, 0.3) is 5.69 Å². The minimum atomic E-state index is -0.365. The number of aliphatic imine (C=N–C) groups is 1. The summed E-state index contributed by atoms with van der Waals surface area (Å²) >= 11 is 0. The van der Waals surface area contributed by atoms with Crippen LogP contribution in [0.1, 0.15) is 5.56 Å². The van der Waals surface area contributed by atoms with Gasteiger partial charge in [0.15, 0.2) is 0 Å². The van der Waals surface area contributed by atoms with Crippen molar-refractivity contribution in [1.82, 2.24) is 4.90 Å². The van der Waals surface area contributed by atoms with Gasteiger partial charge in [0.2, 0.25) is 0 Å². The van der Waals surface area contributed by atoms with E-state index in [2.05, 4.69) is 44.0 Å². The number of hydrogen-bond acceptors (Lipinski definition) is 6. The van der Waals surface area contributed by atoms with Crippen molar-refractivity contribution in [1.29, 1.82) is 0 Å². The van der Waals surface area contributed by atoms with Crippen molar-refractivity contribution in [3.63, 3.8) is 0 Å². The molecule has 0 N–H and O–H groups in total. The molecular weight excluding hydrogens is 330 g/mol. The summed E-state index contributed by atoms with van der Waals surface area (Å²) in [6.45, 7) is 5.33. The predicted molar refractivity (Wildman–Crippen MR) is 103 cm³/mol. The van der Waals surface area contributed by atoms with Gasteiger partial charge < -0.3 is 9.80 Å². The second-order valence-corrected chi connectivity index (χ2v) is 6.58. The quantitative estimate of drug-likeness (QED) is 0.626. The topological polar surface area (TPSA) is 65.2 Å². The molecule has 0 atom stereocenters. The highest BCUT2D eigenvalue weighted by Crippen LogP contribution is 2.27. The molecule has 1 saturated heterocycles. The molecule has 4 rings (SSSR count). The Bertz CT molecular complexity index is 816. The molecule has 26 heavy (non-hydrogen) atoms. The zero-order valence-corrected chi connectivity index (χ0v) is 14.5. The van der Waals surface area contributed by atoms with Gasteiger partial charge in [0, 0.05) is 61.5 Å². The molecule has 0 saturated carbocycles. The fourth-order valence-corrected chi connectivity index (χ4v) is 3.51. The van der Waals surface area contributed by atoms with E-state index in [1.54, 1.807) is 18.3 Å². The minimum Gasteiger partial charge on any atom is -0.369 e. The van der Waals surface area contributed by atoms with Gasteiger partial charge >= 0.3 is 0 Å². The van der Waals surface area contributed by atoms with Crippen molar-refractivity contribution in [2.24, 2.45) is 4.99 Å². The number of non-ortho nitro benzene ring substituents is 1. The van der Waals surface area contributed by atoms with E-state index in [0.717, 1.165) is 44.1 Å². The molecule has 0 aliphatic carbocycles. The third-order valence-corrected chi connectivity index (χ3v) is 4.91. The number of benzene rings is 2. The number of nitro groups is 1. The van der Waals surface area contributed by atoms with Crippen LogP contribution >= 0.6 is 0 Å². The largest absolute Gasteiger partial charge is 0.369 e. The Morgan fingerprint density at radius 3 is 2.54 bits per heavy atom. The van der Waals surface area contributed by atoms with Crippen LogP contribution in [0.25, 0.3) is 0 Å². The van der Waals surface area contributed by atoms with E-state index in [-0.39, 0.29) is 10.6 Å². The molecule has 2 aromatic carbocycles. The van der Waals surface area contributed by atoms with Crippen LogP contribution in [0.4, 0.5) is 17.1 Å². The number of anilines is 2. The van der Waals surface area contributed by atoms with Crippen LogP contribution in [-0.4, -0.2) is 55.6 Å². The Morgan fingerprint density at radius 2 is 1.81 bits per heavy atom. The van der Waals surface area contributed by atoms with Gasteiger partial charge in [-0.25, -0.2) is 0 Å². The SMILES string of the molecule is O=[N+]([O-])c1ccc2c(c1)C=NCN2CN1CCN(c2ccccc2)CC1. The van der Waals surface area contributed by atoms with Crippen molar-refractivity contribution >= 4 is 23.3 Å². The van der Waals surface area contributed by atoms with Gasteiger partial charge in [0.05, 0.1) is 11.6 Å². The number of nitrogens with zero attached hydrogens (tertiary/aromatic N) is 5. The Hall–Kier alpha value is -2.93. The molecule has 7 heteroatoms. The summed E-state index contributed by atoms with van der Waals surface area (Å²) in [5, 5.41) is 11.0. The van der Waals surface area contributed by atoms with Crippen molar-refractivity contribution in [2.45, 2.75) is 0 Å². The van der Waals surface area contributed by atoms with E-state index >= 15 is 0 Å². The third-order valence-electron chi connectivity index (χ3n) is 4.91. The molecule has 134 valence electrons. The number of para-hydroxylation sites is 1. The summed E-state index contributed by atoms with van der Waals surface area (Å²) in [5.74, 6) is 0. The van der Waals surface area contributed by atoms with Crippen LogP contribution in [0.2, 0.25) is 0 Å². The Balaban J connectivity index is 1.40. The normalized spacial score (nSPS) is 17.2. The molecule has 2 aliphatic heterocycles. The van der Waals surface area contributed by atoms with Crippen LogP contribution in [0, 0.1) is 10.1 Å². The number of nitro benzene ring substituents is 1. The van der Waals surface area contributed by atoms with Crippen LogP contribution < -0.4 is 9.80 Å². The molecule has 0 radical (unpaired) electrons. The lowest BCUT2D eigenvalue weighted by Gasteiger charge is -2.39. The first kappa shape index (κ1) is 16.5. The standard InChI is InChI=1S/C19H21N5O2/c25-24(26)18-6-7-19-16(12-18)13-20-14-23(19)15-21-8-10-22(11-9-21)17-4-2-1-3-5-17/h1-7,12-13H,8-11,14-15H2. The summed E-state index contributed by atoms with van der Waals surface area (Å²) in [7, 11) is 0. The number of piperazine rings is 1. The number of fused-ring (bicyclic) bond motifs is 1. The van der Waals surface area contributed by atoms with Crippen molar-refractivity contribution < 1.29 is 4.92 Å². The molecular formula is C19H21N5O2. The smallest absolute Gasteiger partial charge is 0.270 e. The average Bonchev–Trinajstić information content (AvgIpc) is 2.69. The highest BCUT2D eigenvalue weighted by molar-refractivity contribution is 5.90. The van der Waals surface area contributed by atoms with Gasteiger partial charge in [-0.3, -0.25) is 20.0 Å². The molecule has 0 spiro atoms. The first-order valence-electron chi connectivity index (χ1n) is 8.76. The monoisotopic (exact) mass is 351 g/mol. The summed E-state index contributed by atoms with van der Waals surface area (Å²) in [6, 6.07) is 15.5. The Labute approximate surface area is 152 Å². The molecule has 0 amide bonds. The maximum atomic E-state index is 11.0. The molecule has 0 unspecified atom stereocenters. The maximum Gasteiger partial charge on any atom is 0.270 e. The van der Waals surface area contributed by atoms with E-state index < -0.39 is 0 Å². The van der Waals surface area contributed by atoms with Gasteiger partial charge in [-0.15, -0.1) is 0 Å². The van der Waals surface area contributed by atoms with Crippen molar-refractivity contribution in [2.75, 3.05) is 49.3 Å². The third kappa shape index (κ3) is 3.39. The predicted octanol–water partition coefficient (Wildman–Crippen LogP) is 2.57. The van der Waals surface area contributed by atoms with E-state index in [0.29, 0.717) is 6.67 Å². The minimum absolute atomic E-state index is 0.105. The zero-order chi connectivity index (χ0) is 17.9. The van der Waals surface area contributed by atoms with Gasteiger partial charge in [-0.2, -0.15) is 0 Å². The van der Waals surface area contributed by atoms with Gasteiger partial charge in [-0.1, -0.05) is 18.2 Å². The maximum absolute atomic E-state index is 11.0. The fraction of sp³-hybridized carbons (Fsp3) is 0.316. The first-order chi connectivity index (χ1) is 12.7. The Morgan fingerprint density at radius 1 is 1.04 bits per heavy atom. The van der Waals surface area contributed by atoms with Gasteiger partial charge in [0.1, 0.15) is 6.67 Å². The van der Waals surface area contributed by atoms with Crippen LogP contribution in [0.15, 0.2) is 53.5 Å². The second-order valence-electron chi connectivity index (χ2n) is 6.58. The highest BCUT2D eigenvalue weighted by Gasteiger charge is 2.22. The van der Waals surface area contributed by atoms with Crippen LogP contribution in [0.5, 0.6) is 0 Å². The fourth-order valence-electron chi connectivity index (χ4n) is 3.51. The molecule has 2 aromatic rings. The van der Waals surface area contributed by atoms with Gasteiger partial charge in [-0.05, 0) is 18.2 Å². The molecule has 0 bridgehead atoms. The molecule has 7 nitrogen and oxygen atoms in total. The molecule has 2 aliphatic rings. The van der Waals surface area contributed by atoms with Crippen LogP contribution in [0.3, 0.4) is 0 Å². The lowest BCUT2D eigenvalue weighted by atomic mass is 10.1. The second kappa shape index (κ2) is 7.13. The Kier molecular flexibility index (Phi) is 4.53. The molecule has 1 fully saturated rings. The molecule has 2 heterocycles. The van der Waals surface area contributed by atoms with E-state index in [4.69, 9.17) is 0 Å². The lowest BCUT2D eigenvalue weighted by Crippen LogP contribution is -2.50. The number of rotatable bonds is 4. The summed E-state index contributed by atoms with van der Waals surface area (Å²) < 4.78 is 0. The van der Waals surface area contributed by atoms with E-state index in [9.17, 15) is 10.1 Å². The summed E-state index contributed by atoms with van der Waals surface area (Å²) in [5.41, 5.74) is 3.20. The van der Waals surface area contributed by atoms with Crippen molar-refractivity contribution in [3.05, 3.63) is 64.2 Å². The summed E-state index contributed by atoms with van der Waals surface area (Å²) in [6.07, 6.45) is 1.73. The van der Waals surface area contributed by atoms with Crippen LogP contribution in [-0.2, 0) is 0 Å². The highest BCUT2D eigenvalue weighted by atomic mass is 16.6. The van der Waals surface area contributed by atoms with E-state index in [1.165, 1.54) is 5.69 Å². The van der Waals surface area contributed by atoms with E-state index in [1.807, 2.05) is 12.1 Å². The lowest BCUT2D eigenvalue weighted by molar-refractivity contribution is -0.384. The summed E-state index contributed by atoms with van der Waals surface area (Å²) in [4.78, 5) is 22.0. The average molecular weight is 351 g/mol. The first-order valence-corrected chi connectivity index (χ1v) is 8.76. The molecule has 0 aromatic heterocycles.